The van der Waals surface area contributed by atoms with Gasteiger partial charge in [-0.2, -0.15) is 0 Å². The van der Waals surface area contributed by atoms with Gasteiger partial charge in [0.2, 0.25) is 5.78 Å². The lowest BCUT2D eigenvalue weighted by Crippen LogP contribution is -2.41. The van der Waals surface area contributed by atoms with Crippen molar-refractivity contribution in [1.82, 2.24) is 0 Å². The van der Waals surface area contributed by atoms with Gasteiger partial charge in [0.15, 0.2) is 4.75 Å². The van der Waals surface area contributed by atoms with Gasteiger partial charge < -0.3 is 17.3 Å². The van der Waals surface area contributed by atoms with Crippen LogP contribution in [0.1, 0.15) is 21.5 Å². The van der Waals surface area contributed by atoms with Gasteiger partial charge in [0, 0.05) is 18.4 Å². The molecule has 0 atom stereocenters. The molecule has 0 aliphatic rings. The summed E-state index contributed by atoms with van der Waals surface area (Å²) < 4.78 is 38.3. The van der Waals surface area contributed by atoms with Gasteiger partial charge in [-0.1, -0.05) is 91.0 Å². The number of ketones is 1. The molecule has 3 aromatic rings. The van der Waals surface area contributed by atoms with Crippen LogP contribution in [0, 0.1) is 0 Å². The molecule has 0 heterocycles. The Morgan fingerprint density at radius 2 is 1.00 bits per heavy atom. The summed E-state index contributed by atoms with van der Waals surface area (Å²) in [5.74, 6) is 0.118. The second kappa shape index (κ2) is 10.3. The molecule has 0 bridgehead atoms. The SMILES string of the molecule is F[B-](F)(F)F.O=C(c1ccccc1)C([SH2+])(Cc1ccccc1)Cc1ccccc1. The molecule has 29 heavy (non-hydrogen) atoms. The van der Waals surface area contributed by atoms with E-state index < -0.39 is 12.0 Å². The van der Waals surface area contributed by atoms with Crippen molar-refractivity contribution >= 4 is 25.7 Å². The Labute approximate surface area is 173 Å². The monoisotopic (exact) mass is 420 g/mol. The molecule has 7 heteroatoms. The molecule has 0 spiro atoms. The van der Waals surface area contributed by atoms with Crippen LogP contribution in [0.4, 0.5) is 17.3 Å². The van der Waals surface area contributed by atoms with Crippen molar-refractivity contribution < 1.29 is 22.1 Å². The van der Waals surface area contributed by atoms with E-state index in [9.17, 15) is 22.1 Å². The summed E-state index contributed by atoms with van der Waals surface area (Å²) in [5.41, 5.74) is 3.03. The molecule has 0 aromatic heterocycles. The molecular formula is C22H21BF4OS. The number of halogens is 4. The maximum absolute atomic E-state index is 13.2. The van der Waals surface area contributed by atoms with Crippen molar-refractivity contribution in [2.45, 2.75) is 17.6 Å². The lowest BCUT2D eigenvalue weighted by molar-refractivity contribution is 0.0942. The van der Waals surface area contributed by atoms with E-state index >= 15 is 0 Å². The highest BCUT2D eigenvalue weighted by Gasteiger charge is 2.41. The van der Waals surface area contributed by atoms with Gasteiger partial charge in [-0.3, -0.25) is 4.79 Å². The van der Waals surface area contributed by atoms with E-state index in [0.29, 0.717) is 12.8 Å². The van der Waals surface area contributed by atoms with Gasteiger partial charge in [0.1, 0.15) is 0 Å². The van der Waals surface area contributed by atoms with Crippen molar-refractivity contribution in [3.63, 3.8) is 0 Å². The number of benzene rings is 3. The molecule has 0 saturated heterocycles. The number of Topliss-reactive ketones (excluding diaryl/α,β-unsaturated/α-hetero) is 1. The van der Waals surface area contributed by atoms with Gasteiger partial charge in [-0.05, 0) is 23.8 Å². The smallest absolute Gasteiger partial charge is 0.418 e. The van der Waals surface area contributed by atoms with E-state index in [2.05, 4.69) is 36.9 Å². The van der Waals surface area contributed by atoms with Gasteiger partial charge in [0.25, 0.3) is 0 Å². The van der Waals surface area contributed by atoms with E-state index in [1.165, 1.54) is 0 Å². The molecule has 0 N–H and O–H groups in total. The van der Waals surface area contributed by atoms with E-state index in [1.54, 1.807) is 0 Å². The minimum absolute atomic E-state index is 0.118. The fourth-order valence-electron chi connectivity index (χ4n) is 2.98. The first kappa shape index (κ1) is 22.8. The highest BCUT2D eigenvalue weighted by Crippen LogP contribution is 2.25. The van der Waals surface area contributed by atoms with Crippen molar-refractivity contribution in [3.8, 4) is 0 Å². The van der Waals surface area contributed by atoms with Crippen LogP contribution in [-0.2, 0) is 25.5 Å². The molecule has 1 nitrogen and oxygen atoms in total. The van der Waals surface area contributed by atoms with Crippen molar-refractivity contribution in [1.29, 1.82) is 0 Å². The molecule has 3 aromatic carbocycles. The van der Waals surface area contributed by atoms with Crippen molar-refractivity contribution in [2.24, 2.45) is 0 Å². The third kappa shape index (κ3) is 8.15. The minimum atomic E-state index is -6.00. The van der Waals surface area contributed by atoms with E-state index in [4.69, 9.17) is 0 Å². The third-order valence-corrected chi connectivity index (χ3v) is 4.75. The van der Waals surface area contributed by atoms with Crippen molar-refractivity contribution in [3.05, 3.63) is 108 Å². The van der Waals surface area contributed by atoms with Crippen molar-refractivity contribution in [2.75, 3.05) is 0 Å². The Morgan fingerprint density at radius 1 is 0.690 bits per heavy atom. The highest BCUT2D eigenvalue weighted by atomic mass is 32.1. The second-order valence-corrected chi connectivity index (χ2v) is 7.55. The number of carbonyl (C=O) groups is 1. The summed E-state index contributed by atoms with van der Waals surface area (Å²) in [6.45, 7) is 0. The normalized spacial score (nSPS) is 11.3. The lowest BCUT2D eigenvalue weighted by atomic mass is 9.85. The van der Waals surface area contributed by atoms with Crippen LogP contribution in [0.25, 0.3) is 0 Å². The maximum atomic E-state index is 13.2. The second-order valence-electron chi connectivity index (χ2n) is 6.60. The largest absolute Gasteiger partial charge is 0.673 e. The molecule has 0 aliphatic heterocycles. The first-order valence-electron chi connectivity index (χ1n) is 8.97. The lowest BCUT2D eigenvalue weighted by Gasteiger charge is -2.22. The predicted octanol–water partition coefficient (Wildman–Crippen LogP) is 5.41. The first-order chi connectivity index (χ1) is 13.7. The van der Waals surface area contributed by atoms with Crippen LogP contribution in [0.5, 0.6) is 0 Å². The number of carbonyl (C=O) groups excluding carboxylic acids is 1. The van der Waals surface area contributed by atoms with E-state index in [-0.39, 0.29) is 5.78 Å². The first-order valence-corrected chi connectivity index (χ1v) is 9.47. The zero-order valence-corrected chi connectivity index (χ0v) is 16.6. The molecule has 0 amide bonds. The molecule has 0 fully saturated rings. The Bertz CT molecular complexity index is 839. The molecule has 0 saturated carbocycles. The van der Waals surface area contributed by atoms with Gasteiger partial charge >= 0.3 is 7.25 Å². The Hall–Kier alpha value is -2.54. The number of hydrogen-bond donors (Lipinski definition) is 0. The topological polar surface area (TPSA) is 17.1 Å². The summed E-state index contributed by atoms with van der Waals surface area (Å²) in [5, 5.41) is 0. The Kier molecular flexibility index (Phi) is 8.08. The fourth-order valence-corrected chi connectivity index (χ4v) is 3.53. The van der Waals surface area contributed by atoms with Gasteiger partial charge in [0.05, 0.1) is 0 Å². The van der Waals surface area contributed by atoms with Crippen LogP contribution >= 0.6 is 0 Å². The molecule has 152 valence electrons. The zero-order valence-electron chi connectivity index (χ0n) is 15.6. The van der Waals surface area contributed by atoms with Crippen LogP contribution in [-0.4, -0.2) is 17.8 Å². The summed E-state index contributed by atoms with van der Waals surface area (Å²) in [6.07, 6.45) is 1.29. The Balaban J connectivity index is 0.000000537. The van der Waals surface area contributed by atoms with Gasteiger partial charge in [-0.25, -0.2) is 0 Å². The number of rotatable bonds is 6. The van der Waals surface area contributed by atoms with Crippen LogP contribution in [0.2, 0.25) is 0 Å². The summed E-state index contributed by atoms with van der Waals surface area (Å²) in [7, 11) is -6.00. The highest BCUT2D eigenvalue weighted by molar-refractivity contribution is 7.61. The van der Waals surface area contributed by atoms with E-state index in [1.807, 2.05) is 66.7 Å². The van der Waals surface area contributed by atoms with E-state index in [0.717, 1.165) is 16.7 Å². The summed E-state index contributed by atoms with van der Waals surface area (Å²) >= 11 is 3.88. The average Bonchev–Trinajstić information content (AvgIpc) is 2.68. The molecular weight excluding hydrogens is 399 g/mol. The standard InChI is InChI=1S/C22H20OS.BF4/c23-21(20-14-8-3-9-15-20)22(24,16-18-10-4-1-5-11-18)17-19-12-6-2-7-13-19;2-1(3,4)5/h1-15,24H,16-17H2;/q;-1/p+1. The zero-order chi connectivity index (χ0) is 21.3. The predicted molar refractivity (Wildman–Crippen MR) is 114 cm³/mol. The molecule has 0 unspecified atom stereocenters. The number of hydrogen-bond acceptors (Lipinski definition) is 1. The van der Waals surface area contributed by atoms with Gasteiger partial charge in [-0.15, -0.1) is 0 Å². The average molecular weight is 420 g/mol. The van der Waals surface area contributed by atoms with Crippen LogP contribution in [0.3, 0.4) is 0 Å². The summed E-state index contributed by atoms with van der Waals surface area (Å²) in [4.78, 5) is 13.2. The fraction of sp³-hybridized carbons (Fsp3) is 0.136. The molecule has 0 radical (unpaired) electrons. The third-order valence-electron chi connectivity index (χ3n) is 4.17. The Morgan fingerprint density at radius 3 is 1.34 bits per heavy atom. The van der Waals surface area contributed by atoms with Crippen LogP contribution < -0.4 is 0 Å². The minimum Gasteiger partial charge on any atom is -0.418 e. The molecule has 3 rings (SSSR count). The maximum Gasteiger partial charge on any atom is 0.673 e. The quantitative estimate of drug-likeness (QED) is 0.226. The molecule has 0 aliphatic carbocycles. The van der Waals surface area contributed by atoms with Crippen LogP contribution in [0.15, 0.2) is 91.0 Å². The summed E-state index contributed by atoms with van der Waals surface area (Å²) in [6, 6.07) is 29.8.